The lowest BCUT2D eigenvalue weighted by molar-refractivity contribution is -0.170. The van der Waals surface area contributed by atoms with Gasteiger partial charge in [0, 0.05) is 6.04 Å². The van der Waals surface area contributed by atoms with Gasteiger partial charge < -0.3 is 5.32 Å². The standard InChI is InChI=1S/C10H13F4NO/c11-8(12)10(13,14)9(16)15-7-4-5-1-2-6(7)3-5/h5-8H,1-4H2,(H,15,16). The Morgan fingerprint density at radius 1 is 1.25 bits per heavy atom. The molecular weight excluding hydrogens is 226 g/mol. The molecule has 16 heavy (non-hydrogen) atoms. The topological polar surface area (TPSA) is 29.1 Å². The summed E-state index contributed by atoms with van der Waals surface area (Å²) >= 11 is 0. The van der Waals surface area contributed by atoms with Crippen LogP contribution in [0.3, 0.4) is 0 Å². The van der Waals surface area contributed by atoms with E-state index in [0.29, 0.717) is 12.3 Å². The number of amides is 1. The molecule has 3 atom stereocenters. The van der Waals surface area contributed by atoms with E-state index < -0.39 is 18.3 Å². The van der Waals surface area contributed by atoms with Crippen LogP contribution in [0.1, 0.15) is 25.7 Å². The number of nitrogens with one attached hydrogen (secondary N) is 1. The van der Waals surface area contributed by atoms with Gasteiger partial charge in [0.2, 0.25) is 0 Å². The molecular formula is C10H13F4NO. The van der Waals surface area contributed by atoms with Crippen LogP contribution in [0.15, 0.2) is 0 Å². The average Bonchev–Trinajstić information content (AvgIpc) is 2.78. The van der Waals surface area contributed by atoms with Crippen molar-refractivity contribution in [2.45, 2.75) is 44.1 Å². The summed E-state index contributed by atoms with van der Waals surface area (Å²) in [4.78, 5) is 11.0. The highest BCUT2D eigenvalue weighted by molar-refractivity contribution is 5.84. The lowest BCUT2D eigenvalue weighted by atomic mass is 9.95. The highest BCUT2D eigenvalue weighted by Gasteiger charge is 2.51. The molecule has 2 bridgehead atoms. The smallest absolute Gasteiger partial charge is 0.348 e. The van der Waals surface area contributed by atoms with Gasteiger partial charge in [-0.05, 0) is 31.1 Å². The lowest BCUT2D eigenvalue weighted by Crippen LogP contribution is -2.50. The number of hydrogen-bond acceptors (Lipinski definition) is 1. The van der Waals surface area contributed by atoms with Gasteiger partial charge in [0.15, 0.2) is 0 Å². The van der Waals surface area contributed by atoms with Crippen LogP contribution in [-0.4, -0.2) is 24.3 Å². The summed E-state index contributed by atoms with van der Waals surface area (Å²) in [5.74, 6) is -5.74. The van der Waals surface area contributed by atoms with Crippen molar-refractivity contribution in [1.29, 1.82) is 0 Å². The molecule has 0 aromatic heterocycles. The van der Waals surface area contributed by atoms with Gasteiger partial charge in [0.1, 0.15) is 0 Å². The molecule has 6 heteroatoms. The molecule has 0 aliphatic heterocycles. The maximum absolute atomic E-state index is 12.7. The molecule has 3 unspecified atom stereocenters. The summed E-state index contributed by atoms with van der Waals surface area (Å²) in [5.41, 5.74) is 0. The Morgan fingerprint density at radius 3 is 2.38 bits per heavy atom. The molecule has 2 fully saturated rings. The van der Waals surface area contributed by atoms with Crippen molar-refractivity contribution >= 4 is 5.91 Å². The van der Waals surface area contributed by atoms with Crippen LogP contribution in [0.5, 0.6) is 0 Å². The van der Waals surface area contributed by atoms with Crippen molar-refractivity contribution in [2.24, 2.45) is 11.8 Å². The summed E-state index contributed by atoms with van der Waals surface area (Å²) in [6, 6.07) is -0.337. The molecule has 2 aliphatic carbocycles. The molecule has 1 amide bonds. The number of halogens is 4. The van der Waals surface area contributed by atoms with Crippen LogP contribution in [0.2, 0.25) is 0 Å². The molecule has 2 saturated carbocycles. The fourth-order valence-electron chi connectivity index (χ4n) is 2.79. The van der Waals surface area contributed by atoms with Gasteiger partial charge >= 0.3 is 12.3 Å². The second kappa shape index (κ2) is 3.89. The third-order valence-electron chi connectivity index (χ3n) is 3.63. The van der Waals surface area contributed by atoms with E-state index in [1.807, 2.05) is 0 Å². The van der Waals surface area contributed by atoms with Gasteiger partial charge in [-0.3, -0.25) is 4.79 Å². The molecule has 2 nitrogen and oxygen atoms in total. The first kappa shape index (κ1) is 11.7. The molecule has 1 N–H and O–H groups in total. The minimum atomic E-state index is -4.57. The Hall–Kier alpha value is -0.810. The van der Waals surface area contributed by atoms with Gasteiger partial charge in [-0.1, -0.05) is 6.42 Å². The van der Waals surface area contributed by atoms with Gasteiger partial charge in [-0.25, -0.2) is 8.78 Å². The molecule has 2 aliphatic rings. The quantitative estimate of drug-likeness (QED) is 0.751. The number of hydrogen-bond donors (Lipinski definition) is 1. The maximum Gasteiger partial charge on any atom is 0.383 e. The Balaban J connectivity index is 1.93. The summed E-state index contributed by atoms with van der Waals surface area (Å²) in [5, 5.41) is 2.06. The first-order chi connectivity index (χ1) is 7.41. The van der Waals surface area contributed by atoms with Crippen molar-refractivity contribution < 1.29 is 22.4 Å². The Morgan fingerprint density at radius 2 is 1.94 bits per heavy atom. The van der Waals surface area contributed by atoms with E-state index in [-0.39, 0.29) is 12.0 Å². The zero-order chi connectivity index (χ0) is 11.9. The summed E-state index contributed by atoms with van der Waals surface area (Å²) in [6.45, 7) is 0. The van der Waals surface area contributed by atoms with Crippen LogP contribution in [0.4, 0.5) is 17.6 Å². The second-order valence-electron chi connectivity index (χ2n) is 4.68. The third kappa shape index (κ3) is 1.89. The normalized spacial score (nSPS) is 33.4. The fraction of sp³-hybridized carbons (Fsp3) is 0.900. The average molecular weight is 239 g/mol. The van der Waals surface area contributed by atoms with E-state index in [0.717, 1.165) is 19.3 Å². The van der Waals surface area contributed by atoms with Crippen LogP contribution in [0, 0.1) is 11.8 Å². The predicted molar refractivity (Wildman–Crippen MR) is 48.3 cm³/mol. The van der Waals surface area contributed by atoms with Crippen molar-refractivity contribution in [3.8, 4) is 0 Å². The van der Waals surface area contributed by atoms with Crippen LogP contribution < -0.4 is 5.32 Å². The van der Waals surface area contributed by atoms with Crippen molar-refractivity contribution in [3.63, 3.8) is 0 Å². The Bertz CT molecular complexity index is 295. The highest BCUT2D eigenvalue weighted by Crippen LogP contribution is 2.44. The van der Waals surface area contributed by atoms with E-state index in [4.69, 9.17) is 0 Å². The van der Waals surface area contributed by atoms with Crippen molar-refractivity contribution in [3.05, 3.63) is 0 Å². The summed E-state index contributed by atoms with van der Waals surface area (Å²) in [7, 11) is 0. The van der Waals surface area contributed by atoms with Crippen LogP contribution >= 0.6 is 0 Å². The van der Waals surface area contributed by atoms with Crippen LogP contribution in [0.25, 0.3) is 0 Å². The maximum atomic E-state index is 12.7. The van der Waals surface area contributed by atoms with E-state index in [1.54, 1.807) is 0 Å². The van der Waals surface area contributed by atoms with E-state index in [1.165, 1.54) is 0 Å². The molecule has 0 radical (unpaired) electrons. The molecule has 0 heterocycles. The van der Waals surface area contributed by atoms with Gasteiger partial charge in [-0.2, -0.15) is 8.78 Å². The summed E-state index contributed by atoms with van der Waals surface area (Å²) in [6.07, 6.45) is -0.412. The van der Waals surface area contributed by atoms with Crippen molar-refractivity contribution in [1.82, 2.24) is 5.32 Å². The first-order valence-corrected chi connectivity index (χ1v) is 5.38. The lowest BCUT2D eigenvalue weighted by Gasteiger charge is -2.25. The highest BCUT2D eigenvalue weighted by atomic mass is 19.3. The fourth-order valence-corrected chi connectivity index (χ4v) is 2.79. The van der Waals surface area contributed by atoms with Gasteiger partial charge in [0.05, 0.1) is 0 Å². The zero-order valence-corrected chi connectivity index (χ0v) is 8.56. The molecule has 92 valence electrons. The third-order valence-corrected chi connectivity index (χ3v) is 3.63. The van der Waals surface area contributed by atoms with E-state index in [9.17, 15) is 22.4 Å². The molecule has 0 spiro atoms. The molecule has 0 aromatic carbocycles. The zero-order valence-electron chi connectivity index (χ0n) is 8.56. The van der Waals surface area contributed by atoms with Gasteiger partial charge in [0.25, 0.3) is 5.91 Å². The number of carbonyl (C=O) groups excluding carboxylic acids is 1. The number of carbonyl (C=O) groups is 1. The monoisotopic (exact) mass is 239 g/mol. The molecule has 0 aromatic rings. The number of fused-ring (bicyclic) bond motifs is 2. The van der Waals surface area contributed by atoms with Crippen LogP contribution in [-0.2, 0) is 4.79 Å². The number of rotatable bonds is 3. The van der Waals surface area contributed by atoms with E-state index >= 15 is 0 Å². The van der Waals surface area contributed by atoms with Gasteiger partial charge in [-0.15, -0.1) is 0 Å². The molecule has 0 saturated heterocycles. The van der Waals surface area contributed by atoms with Crippen molar-refractivity contribution in [2.75, 3.05) is 0 Å². The predicted octanol–water partition coefficient (Wildman–Crippen LogP) is 2.19. The Kier molecular flexibility index (Phi) is 2.84. The minimum Gasteiger partial charge on any atom is -0.348 e. The number of alkyl halides is 4. The minimum absolute atomic E-state index is 0.197. The first-order valence-electron chi connectivity index (χ1n) is 5.38. The largest absolute Gasteiger partial charge is 0.383 e. The molecule has 2 rings (SSSR count). The SMILES string of the molecule is O=C(NC1CC2CCC1C2)C(F)(F)C(F)F. The second-order valence-corrected chi connectivity index (χ2v) is 4.68. The van der Waals surface area contributed by atoms with E-state index in [2.05, 4.69) is 5.32 Å². The Labute approximate surface area is 90.4 Å². The summed E-state index contributed by atoms with van der Waals surface area (Å²) < 4.78 is 49.2.